The fraction of sp³-hybridized carbons (Fsp3) is 0.531. The molecule has 0 bridgehead atoms. The Morgan fingerprint density at radius 2 is 1.85 bits per heavy atom. The molecule has 2 amide bonds. The van der Waals surface area contributed by atoms with Crippen molar-refractivity contribution in [2.45, 2.75) is 84.9 Å². The molecular weight excluding hydrogens is 641 g/mol. The van der Waals surface area contributed by atoms with E-state index in [1.165, 1.54) is 11.8 Å². The lowest BCUT2D eigenvalue weighted by molar-refractivity contribution is -0.166. The van der Waals surface area contributed by atoms with Crippen molar-refractivity contribution in [2.75, 3.05) is 24.6 Å². The fourth-order valence-corrected chi connectivity index (χ4v) is 5.58. The highest BCUT2D eigenvalue weighted by Gasteiger charge is 2.38. The van der Waals surface area contributed by atoms with Crippen LogP contribution >= 0.6 is 0 Å². The Morgan fingerprint density at radius 1 is 1.08 bits per heavy atom. The number of imidazole rings is 1. The van der Waals surface area contributed by atoms with Gasteiger partial charge in [-0.2, -0.15) is 13.2 Å². The van der Waals surface area contributed by atoms with Gasteiger partial charge in [0.1, 0.15) is 17.9 Å². The van der Waals surface area contributed by atoms with Gasteiger partial charge >= 0.3 is 24.1 Å². The minimum absolute atomic E-state index is 0.00604. The summed E-state index contributed by atoms with van der Waals surface area (Å²) in [5.41, 5.74) is 1.10. The van der Waals surface area contributed by atoms with Crippen molar-refractivity contribution in [1.82, 2.24) is 14.5 Å². The third-order valence-corrected chi connectivity index (χ3v) is 7.72. The number of ether oxygens (including phenoxy) is 3. The lowest BCUT2D eigenvalue weighted by Crippen LogP contribution is -2.41. The molecule has 4 heterocycles. The van der Waals surface area contributed by atoms with Gasteiger partial charge in [0.2, 0.25) is 11.9 Å². The molecule has 5 rings (SSSR count). The van der Waals surface area contributed by atoms with Crippen molar-refractivity contribution >= 4 is 23.9 Å². The third-order valence-electron chi connectivity index (χ3n) is 7.72. The Labute approximate surface area is 273 Å². The van der Waals surface area contributed by atoms with Gasteiger partial charge in [0.25, 0.3) is 0 Å². The zero-order chi connectivity index (χ0) is 34.8. The van der Waals surface area contributed by atoms with Crippen molar-refractivity contribution in [3.05, 3.63) is 63.4 Å². The summed E-state index contributed by atoms with van der Waals surface area (Å²) in [6, 6.07) is 4.92. The maximum absolute atomic E-state index is 13.5. The number of rotatable bonds is 9. The maximum atomic E-state index is 13.5. The van der Waals surface area contributed by atoms with Gasteiger partial charge in [-0.25, -0.2) is 19.5 Å². The number of amides is 2. The van der Waals surface area contributed by atoms with Gasteiger partial charge in [-0.3, -0.25) is 9.59 Å². The summed E-state index contributed by atoms with van der Waals surface area (Å²) >= 11 is 0. The van der Waals surface area contributed by atoms with Gasteiger partial charge in [0.05, 0.1) is 24.6 Å². The molecule has 16 heteroatoms. The number of benzene rings is 1. The Morgan fingerprint density at radius 3 is 2.54 bits per heavy atom. The molecule has 2 aliphatic rings. The lowest BCUT2D eigenvalue weighted by Gasteiger charge is -2.29. The topological polar surface area (TPSA) is 147 Å². The summed E-state index contributed by atoms with van der Waals surface area (Å²) in [7, 11) is 0. The van der Waals surface area contributed by atoms with E-state index in [-0.39, 0.29) is 31.1 Å². The van der Waals surface area contributed by atoms with E-state index in [1.807, 2.05) is 10.8 Å². The first-order chi connectivity index (χ1) is 22.5. The third kappa shape index (κ3) is 8.77. The van der Waals surface area contributed by atoms with Crippen molar-refractivity contribution in [3.8, 4) is 5.75 Å². The van der Waals surface area contributed by atoms with Crippen molar-refractivity contribution < 1.29 is 50.6 Å². The molecule has 0 saturated carbocycles. The van der Waals surface area contributed by atoms with Crippen LogP contribution in [-0.2, 0) is 51.6 Å². The van der Waals surface area contributed by atoms with Gasteiger partial charge < -0.3 is 32.5 Å². The van der Waals surface area contributed by atoms with Gasteiger partial charge in [0, 0.05) is 32.3 Å². The molecule has 2 aromatic heterocycles. The maximum Gasteiger partial charge on any atom is 0.519 e. The summed E-state index contributed by atoms with van der Waals surface area (Å²) < 4.78 is 68.5. The summed E-state index contributed by atoms with van der Waals surface area (Å²) in [6.45, 7) is 5.95. The van der Waals surface area contributed by atoms with Crippen molar-refractivity contribution in [2.24, 2.45) is 5.92 Å². The van der Waals surface area contributed by atoms with E-state index in [0.29, 0.717) is 52.9 Å². The van der Waals surface area contributed by atoms with Gasteiger partial charge in [-0.15, -0.1) is 0 Å². The first kappa shape index (κ1) is 34.6. The van der Waals surface area contributed by atoms with E-state index >= 15 is 0 Å². The second kappa shape index (κ2) is 13.8. The van der Waals surface area contributed by atoms with Crippen LogP contribution in [0.5, 0.6) is 5.75 Å². The number of carbonyl (C=O) groups excluding carboxylic acids is 3. The second-order valence-corrected chi connectivity index (χ2v) is 12.7. The molecule has 0 aliphatic carbocycles. The van der Waals surface area contributed by atoms with Crippen LogP contribution in [0.15, 0.2) is 38.0 Å². The first-order valence-electron chi connectivity index (χ1n) is 15.5. The minimum atomic E-state index is -4.67. The highest BCUT2D eigenvalue weighted by atomic mass is 19.4. The Hall–Kier alpha value is -4.76. The van der Waals surface area contributed by atoms with Gasteiger partial charge in [-0.1, -0.05) is 6.07 Å². The zero-order valence-electron chi connectivity index (χ0n) is 27.1. The molecule has 0 radical (unpaired) electrons. The van der Waals surface area contributed by atoms with E-state index in [9.17, 15) is 32.3 Å². The standard InChI is InChI=1S/C32H37F3N4O9/c1-19-25(47-30(43)46-19)17-45-26(40)14-21-12-20-6-7-24(13-22(20)15-38(27(21)41)18-32(33,34)35)44-11-8-23-16-37-9-5-10-39(28(37)36-23)29(42)48-31(2,3)4/h6-7,13,16,21H,5,8-12,14-15,17-18H2,1-4H3/t21-/m0/s1. The van der Waals surface area contributed by atoms with Gasteiger partial charge in [0.15, 0.2) is 18.1 Å². The molecule has 0 fully saturated rings. The molecule has 260 valence electrons. The Bertz CT molecular complexity index is 1720. The minimum Gasteiger partial charge on any atom is -0.493 e. The van der Waals surface area contributed by atoms with E-state index in [0.717, 1.165) is 6.42 Å². The molecule has 0 saturated heterocycles. The van der Waals surface area contributed by atoms with Gasteiger partial charge in [-0.05, 0) is 63.8 Å². The number of fused-ring (bicyclic) bond motifs is 2. The number of hydrogen-bond donors (Lipinski definition) is 0. The molecule has 0 N–H and O–H groups in total. The predicted molar refractivity (Wildman–Crippen MR) is 161 cm³/mol. The number of carbonyl (C=O) groups is 3. The monoisotopic (exact) mass is 678 g/mol. The van der Waals surface area contributed by atoms with Crippen LogP contribution in [0, 0.1) is 12.8 Å². The number of halogens is 3. The molecule has 2 aliphatic heterocycles. The average Bonchev–Trinajstić information content (AvgIpc) is 3.51. The van der Waals surface area contributed by atoms with Crippen LogP contribution in [0.3, 0.4) is 0 Å². The lowest BCUT2D eigenvalue weighted by atomic mass is 9.94. The molecule has 0 spiro atoms. The Kier molecular flexibility index (Phi) is 9.91. The highest BCUT2D eigenvalue weighted by Crippen LogP contribution is 2.31. The number of alkyl halides is 3. The molecular formula is C32H37F3N4O9. The number of nitrogens with zero attached hydrogens (tertiary/aromatic N) is 4. The smallest absolute Gasteiger partial charge is 0.493 e. The van der Waals surface area contributed by atoms with Crippen LogP contribution in [0.1, 0.15) is 62.0 Å². The van der Waals surface area contributed by atoms with Crippen LogP contribution < -0.4 is 15.5 Å². The molecule has 13 nitrogen and oxygen atoms in total. The summed E-state index contributed by atoms with van der Waals surface area (Å²) in [5, 5.41) is 0. The van der Waals surface area contributed by atoms with Crippen molar-refractivity contribution in [1.29, 1.82) is 0 Å². The van der Waals surface area contributed by atoms with Crippen LogP contribution in [0.25, 0.3) is 0 Å². The molecule has 0 unspecified atom stereocenters. The number of anilines is 1. The molecule has 1 atom stereocenters. The summed E-state index contributed by atoms with van der Waals surface area (Å²) in [6.07, 6.45) is -2.63. The SMILES string of the molecule is Cc1oc(=O)oc1COC(=O)C[C@@H]1Cc2ccc(OCCc3cn4c(n3)N(C(=O)OC(C)(C)C)CCC4)cc2CN(CC(F)(F)F)C1=O. The zero-order valence-corrected chi connectivity index (χ0v) is 27.1. The summed E-state index contributed by atoms with van der Waals surface area (Å²) in [5.74, 6) is -2.76. The molecule has 3 aromatic rings. The largest absolute Gasteiger partial charge is 0.519 e. The van der Waals surface area contributed by atoms with Crippen LogP contribution in [0.4, 0.5) is 23.9 Å². The quantitative estimate of drug-likeness (QED) is 0.292. The highest BCUT2D eigenvalue weighted by molar-refractivity contribution is 5.86. The first-order valence-corrected chi connectivity index (χ1v) is 15.5. The van der Waals surface area contributed by atoms with E-state index in [4.69, 9.17) is 23.0 Å². The number of aromatic nitrogens is 2. The molecule has 1 aromatic carbocycles. The summed E-state index contributed by atoms with van der Waals surface area (Å²) in [4.78, 5) is 56.6. The van der Waals surface area contributed by atoms with E-state index in [1.54, 1.807) is 39.0 Å². The van der Waals surface area contributed by atoms with Crippen LogP contribution in [-0.4, -0.2) is 63.9 Å². The molecule has 48 heavy (non-hydrogen) atoms. The fourth-order valence-electron chi connectivity index (χ4n) is 5.58. The van der Waals surface area contributed by atoms with E-state index in [2.05, 4.69) is 4.98 Å². The van der Waals surface area contributed by atoms with E-state index < -0.39 is 61.1 Å². The second-order valence-electron chi connectivity index (χ2n) is 12.7. The average molecular weight is 679 g/mol. The number of esters is 1. The van der Waals surface area contributed by atoms with Crippen molar-refractivity contribution in [3.63, 3.8) is 0 Å². The predicted octanol–water partition coefficient (Wildman–Crippen LogP) is 4.70. The van der Waals surface area contributed by atoms with Crippen LogP contribution in [0.2, 0.25) is 0 Å². The number of aryl methyl sites for hydroxylation is 2. The number of hydrogen-bond acceptors (Lipinski definition) is 10. The normalized spacial score (nSPS) is 16.6. The Balaban J connectivity index is 1.24.